The van der Waals surface area contributed by atoms with Crippen molar-refractivity contribution in [3.8, 4) is 0 Å². The fraction of sp³-hybridized carbons (Fsp3) is 0.500. The van der Waals surface area contributed by atoms with Crippen molar-refractivity contribution in [3.63, 3.8) is 0 Å². The summed E-state index contributed by atoms with van der Waals surface area (Å²) in [6.45, 7) is 4.03. The maximum Gasteiger partial charge on any atom is 0.223 e. The van der Waals surface area contributed by atoms with Gasteiger partial charge in [-0.3, -0.25) is 4.79 Å². The van der Waals surface area contributed by atoms with E-state index in [1.807, 2.05) is 6.92 Å². The maximum atomic E-state index is 12.2. The second-order valence-corrected chi connectivity index (χ2v) is 8.02. The Morgan fingerprint density at radius 3 is 2.27 bits per heavy atom. The number of benzene rings is 1. The molecule has 0 spiro atoms. The van der Waals surface area contributed by atoms with E-state index in [1.165, 1.54) is 12.1 Å². The molecule has 1 aromatic rings. The number of sulfone groups is 1. The van der Waals surface area contributed by atoms with Crippen molar-refractivity contribution in [3.05, 3.63) is 28.7 Å². The highest BCUT2D eigenvalue weighted by Crippen LogP contribution is 2.17. The number of hydrogen-bond acceptors (Lipinski definition) is 4. The normalized spacial score (nSPS) is 13.8. The second-order valence-electron chi connectivity index (χ2n) is 5.07. The van der Waals surface area contributed by atoms with Gasteiger partial charge in [-0.1, -0.05) is 22.9 Å². The molecule has 8 heteroatoms. The van der Waals surface area contributed by atoms with Gasteiger partial charge in [0.25, 0.3) is 0 Å². The zero-order valence-electron chi connectivity index (χ0n) is 12.8. The van der Waals surface area contributed by atoms with Gasteiger partial charge in [0, 0.05) is 23.0 Å². The molecule has 1 amide bonds. The summed E-state index contributed by atoms with van der Waals surface area (Å²) < 4.78 is 25.3. The van der Waals surface area contributed by atoms with E-state index in [-0.39, 0.29) is 35.0 Å². The first-order valence-electron chi connectivity index (χ1n) is 6.69. The summed E-state index contributed by atoms with van der Waals surface area (Å²) in [5.41, 5.74) is 0. The number of carbonyl (C=O) groups is 1. The molecule has 2 N–H and O–H groups in total. The van der Waals surface area contributed by atoms with Crippen LogP contribution in [0.4, 0.5) is 0 Å². The minimum Gasteiger partial charge on any atom is -0.354 e. The zero-order chi connectivity index (χ0) is 16.0. The van der Waals surface area contributed by atoms with Crippen molar-refractivity contribution in [2.75, 3.05) is 19.3 Å². The molecule has 1 rings (SSSR count). The fourth-order valence-electron chi connectivity index (χ4n) is 1.67. The number of nitrogens with one attached hydrogen (secondary N) is 2. The SMILES string of the molecule is CNC(C)CNC(=O)C(C)CS(=O)(=O)c1ccc(Br)cc1.Cl. The summed E-state index contributed by atoms with van der Waals surface area (Å²) in [4.78, 5) is 12.1. The van der Waals surface area contributed by atoms with E-state index < -0.39 is 15.8 Å². The lowest BCUT2D eigenvalue weighted by atomic mass is 10.2. The lowest BCUT2D eigenvalue weighted by Gasteiger charge is -2.15. The van der Waals surface area contributed by atoms with Gasteiger partial charge in [0.1, 0.15) is 0 Å². The summed E-state index contributed by atoms with van der Waals surface area (Å²) in [7, 11) is -1.66. The number of rotatable bonds is 7. The van der Waals surface area contributed by atoms with Crippen LogP contribution in [-0.4, -0.2) is 39.7 Å². The Balaban J connectivity index is 0.00000441. The third kappa shape index (κ3) is 6.64. The molecule has 1 aromatic carbocycles. The number of carbonyl (C=O) groups excluding carboxylic acids is 1. The topological polar surface area (TPSA) is 75.3 Å². The van der Waals surface area contributed by atoms with E-state index in [9.17, 15) is 13.2 Å². The average Bonchev–Trinajstić information content (AvgIpc) is 2.44. The van der Waals surface area contributed by atoms with Crippen molar-refractivity contribution in [2.24, 2.45) is 5.92 Å². The highest BCUT2D eigenvalue weighted by Gasteiger charge is 2.23. The number of likely N-dealkylation sites (N-methyl/N-ethyl adjacent to an activating group) is 1. The molecule has 2 atom stereocenters. The summed E-state index contributed by atoms with van der Waals surface area (Å²) in [6.07, 6.45) is 0. The monoisotopic (exact) mass is 412 g/mol. The van der Waals surface area contributed by atoms with Crippen LogP contribution in [-0.2, 0) is 14.6 Å². The number of amides is 1. The van der Waals surface area contributed by atoms with E-state index in [0.29, 0.717) is 6.54 Å². The first kappa shape index (κ1) is 21.4. The van der Waals surface area contributed by atoms with E-state index in [4.69, 9.17) is 0 Å². The van der Waals surface area contributed by atoms with Crippen molar-refractivity contribution in [1.29, 1.82) is 0 Å². The Bertz CT molecular complexity index is 578. The van der Waals surface area contributed by atoms with Crippen molar-refractivity contribution >= 4 is 44.1 Å². The Kier molecular flexibility index (Phi) is 9.22. The molecule has 0 aliphatic rings. The molecule has 126 valence electrons. The van der Waals surface area contributed by atoms with Gasteiger partial charge in [-0.15, -0.1) is 12.4 Å². The predicted molar refractivity (Wildman–Crippen MR) is 94.1 cm³/mol. The molecular formula is C14H22BrClN2O3S. The highest BCUT2D eigenvalue weighted by molar-refractivity contribution is 9.10. The van der Waals surface area contributed by atoms with Crippen LogP contribution in [0.5, 0.6) is 0 Å². The van der Waals surface area contributed by atoms with Gasteiger partial charge in [-0.2, -0.15) is 0 Å². The van der Waals surface area contributed by atoms with Crippen molar-refractivity contribution < 1.29 is 13.2 Å². The third-order valence-electron chi connectivity index (χ3n) is 3.17. The van der Waals surface area contributed by atoms with Crippen molar-refractivity contribution in [1.82, 2.24) is 10.6 Å². The first-order valence-corrected chi connectivity index (χ1v) is 9.14. The minimum absolute atomic E-state index is 0. The Hall–Kier alpha value is -0.630. The third-order valence-corrected chi connectivity index (χ3v) is 5.62. The molecule has 0 bridgehead atoms. The van der Waals surface area contributed by atoms with Gasteiger partial charge < -0.3 is 10.6 Å². The van der Waals surface area contributed by atoms with Crippen LogP contribution in [0.2, 0.25) is 0 Å². The lowest BCUT2D eigenvalue weighted by molar-refractivity contribution is -0.123. The van der Waals surface area contributed by atoms with E-state index in [2.05, 4.69) is 26.6 Å². The van der Waals surface area contributed by atoms with E-state index in [0.717, 1.165) is 4.47 Å². The van der Waals surface area contributed by atoms with Crippen LogP contribution in [0.25, 0.3) is 0 Å². The molecule has 0 radical (unpaired) electrons. The van der Waals surface area contributed by atoms with Crippen LogP contribution < -0.4 is 10.6 Å². The Labute approximate surface area is 146 Å². The van der Waals surface area contributed by atoms with Crippen LogP contribution in [0, 0.1) is 5.92 Å². The summed E-state index contributed by atoms with van der Waals surface area (Å²) in [5, 5.41) is 5.74. The largest absolute Gasteiger partial charge is 0.354 e. The quantitative estimate of drug-likeness (QED) is 0.717. The first-order chi connectivity index (χ1) is 9.76. The van der Waals surface area contributed by atoms with Gasteiger partial charge in [0.15, 0.2) is 9.84 Å². The van der Waals surface area contributed by atoms with Gasteiger partial charge >= 0.3 is 0 Å². The molecule has 0 heterocycles. The fourth-order valence-corrected chi connectivity index (χ4v) is 3.49. The molecule has 22 heavy (non-hydrogen) atoms. The molecule has 5 nitrogen and oxygen atoms in total. The molecule has 0 fully saturated rings. The molecule has 2 unspecified atom stereocenters. The predicted octanol–water partition coefficient (Wildman–Crippen LogP) is 2.00. The van der Waals surface area contributed by atoms with Crippen LogP contribution >= 0.6 is 28.3 Å². The highest BCUT2D eigenvalue weighted by atomic mass is 79.9. The van der Waals surface area contributed by atoms with E-state index >= 15 is 0 Å². The average molecular weight is 414 g/mol. The number of halogens is 2. The second kappa shape index (κ2) is 9.50. The van der Waals surface area contributed by atoms with Gasteiger partial charge in [-0.05, 0) is 38.2 Å². The standard InChI is InChI=1S/C14H21BrN2O3S.ClH/c1-10(14(18)17-8-11(2)16-3)9-21(19,20)13-6-4-12(15)5-7-13;/h4-7,10-11,16H,8-9H2,1-3H3,(H,17,18);1H. The minimum atomic E-state index is -3.46. The van der Waals surface area contributed by atoms with E-state index in [1.54, 1.807) is 26.1 Å². The Morgan fingerprint density at radius 2 is 1.77 bits per heavy atom. The maximum absolute atomic E-state index is 12.2. The van der Waals surface area contributed by atoms with Crippen molar-refractivity contribution in [2.45, 2.75) is 24.8 Å². The van der Waals surface area contributed by atoms with Gasteiger partial charge in [-0.25, -0.2) is 8.42 Å². The molecule has 0 aromatic heterocycles. The Morgan fingerprint density at radius 1 is 1.23 bits per heavy atom. The molecule has 0 aliphatic heterocycles. The summed E-state index contributed by atoms with van der Waals surface area (Å²) in [5.74, 6) is -1.05. The smallest absolute Gasteiger partial charge is 0.223 e. The molecular weight excluding hydrogens is 392 g/mol. The zero-order valence-corrected chi connectivity index (χ0v) is 16.0. The van der Waals surface area contributed by atoms with Crippen LogP contribution in [0.15, 0.2) is 33.6 Å². The van der Waals surface area contributed by atoms with Gasteiger partial charge in [0.05, 0.1) is 10.6 Å². The van der Waals surface area contributed by atoms with Gasteiger partial charge in [0.2, 0.25) is 5.91 Å². The lowest BCUT2D eigenvalue weighted by Crippen LogP contribution is -2.40. The summed E-state index contributed by atoms with van der Waals surface area (Å²) in [6, 6.07) is 6.56. The van der Waals surface area contributed by atoms with Crippen LogP contribution in [0.3, 0.4) is 0 Å². The summed E-state index contributed by atoms with van der Waals surface area (Å²) >= 11 is 3.26. The molecule has 0 saturated carbocycles. The van der Waals surface area contributed by atoms with Crippen LogP contribution in [0.1, 0.15) is 13.8 Å². The molecule has 0 saturated heterocycles. The number of hydrogen-bond donors (Lipinski definition) is 2. The molecule has 0 aliphatic carbocycles.